The maximum atomic E-state index is 10.7. The topological polar surface area (TPSA) is 41.1 Å². The van der Waals surface area contributed by atoms with Crippen LogP contribution in [0.4, 0.5) is 0 Å². The summed E-state index contributed by atoms with van der Waals surface area (Å²) in [6, 6.07) is 0. The van der Waals surface area contributed by atoms with Crippen molar-refractivity contribution in [2.45, 2.75) is 26.2 Å². The lowest BCUT2D eigenvalue weighted by atomic mass is 10.3. The molecule has 0 spiro atoms. The Morgan fingerprint density at radius 3 is 2.62 bits per heavy atom. The lowest BCUT2D eigenvalue weighted by Crippen LogP contribution is -2.23. The van der Waals surface area contributed by atoms with Gasteiger partial charge in [0, 0.05) is 6.54 Å². The maximum Gasteiger partial charge on any atom is 0.243 e. The van der Waals surface area contributed by atoms with E-state index in [0.29, 0.717) is 0 Å². The molecule has 0 aliphatic heterocycles. The van der Waals surface area contributed by atoms with Gasteiger partial charge in [-0.1, -0.05) is 13.5 Å². The van der Waals surface area contributed by atoms with Crippen LogP contribution in [0.2, 0.25) is 0 Å². The van der Waals surface area contributed by atoms with E-state index in [1.54, 1.807) is 0 Å². The molecular formula is C10H20N2O. The molecule has 0 saturated heterocycles. The predicted molar refractivity (Wildman–Crippen MR) is 55.6 cm³/mol. The zero-order valence-corrected chi connectivity index (χ0v) is 8.44. The number of carbonyl (C=O) groups excluding carboxylic acids is 1. The molecule has 0 heterocycles. The van der Waals surface area contributed by atoms with Crippen molar-refractivity contribution >= 4 is 5.91 Å². The van der Waals surface area contributed by atoms with Gasteiger partial charge in [0.2, 0.25) is 5.91 Å². The molecule has 13 heavy (non-hydrogen) atoms. The van der Waals surface area contributed by atoms with Gasteiger partial charge in [-0.25, -0.2) is 0 Å². The third kappa shape index (κ3) is 9.08. The Hall–Kier alpha value is -0.830. The van der Waals surface area contributed by atoms with Crippen LogP contribution >= 0.6 is 0 Å². The van der Waals surface area contributed by atoms with Crippen molar-refractivity contribution in [2.75, 3.05) is 19.6 Å². The summed E-state index contributed by atoms with van der Waals surface area (Å²) in [4.78, 5) is 10.7. The largest absolute Gasteiger partial charge is 0.353 e. The van der Waals surface area contributed by atoms with Gasteiger partial charge in [0.1, 0.15) is 0 Å². The fraction of sp³-hybridized carbons (Fsp3) is 0.700. The second kappa shape index (κ2) is 9.26. The van der Waals surface area contributed by atoms with Crippen LogP contribution in [0.5, 0.6) is 0 Å². The second-order valence-corrected chi connectivity index (χ2v) is 2.95. The fourth-order valence-electron chi connectivity index (χ4n) is 0.961. The first-order chi connectivity index (χ1) is 6.31. The lowest BCUT2D eigenvalue weighted by Gasteiger charge is -2.03. The molecule has 3 heteroatoms. The van der Waals surface area contributed by atoms with Crippen LogP contribution < -0.4 is 10.6 Å². The Bertz CT molecular complexity index is 146. The standard InChI is InChI=1S/C10H20N2O/c1-3-7-11-8-5-6-9-12-10(13)4-2/h4,11H,2-3,5-9H2,1H3,(H,12,13). The highest BCUT2D eigenvalue weighted by atomic mass is 16.1. The van der Waals surface area contributed by atoms with Gasteiger partial charge in [-0.05, 0) is 38.4 Å². The molecule has 0 radical (unpaired) electrons. The highest BCUT2D eigenvalue weighted by molar-refractivity contribution is 5.86. The number of nitrogens with one attached hydrogen (secondary N) is 2. The lowest BCUT2D eigenvalue weighted by molar-refractivity contribution is -0.116. The Morgan fingerprint density at radius 1 is 1.31 bits per heavy atom. The number of unbranched alkanes of at least 4 members (excludes halogenated alkanes) is 1. The first-order valence-electron chi connectivity index (χ1n) is 4.92. The molecule has 0 aromatic carbocycles. The molecule has 0 aromatic heterocycles. The van der Waals surface area contributed by atoms with E-state index in [1.807, 2.05) is 0 Å². The number of amides is 1. The Kier molecular flexibility index (Phi) is 8.67. The average molecular weight is 184 g/mol. The summed E-state index contributed by atoms with van der Waals surface area (Å²) in [5.41, 5.74) is 0. The van der Waals surface area contributed by atoms with Gasteiger partial charge < -0.3 is 10.6 Å². The third-order valence-corrected chi connectivity index (χ3v) is 1.69. The van der Waals surface area contributed by atoms with E-state index in [1.165, 1.54) is 12.5 Å². The van der Waals surface area contributed by atoms with Crippen LogP contribution in [0, 0.1) is 0 Å². The van der Waals surface area contributed by atoms with Gasteiger partial charge in [0.05, 0.1) is 0 Å². The molecule has 0 saturated carbocycles. The third-order valence-electron chi connectivity index (χ3n) is 1.69. The van der Waals surface area contributed by atoms with Crippen molar-refractivity contribution in [2.24, 2.45) is 0 Å². The fourth-order valence-corrected chi connectivity index (χ4v) is 0.961. The van der Waals surface area contributed by atoms with Crippen LogP contribution in [0.1, 0.15) is 26.2 Å². The van der Waals surface area contributed by atoms with Gasteiger partial charge >= 0.3 is 0 Å². The highest BCUT2D eigenvalue weighted by Gasteiger charge is 1.92. The molecule has 0 aliphatic rings. The summed E-state index contributed by atoms with van der Waals surface area (Å²) in [6.07, 6.45) is 4.61. The van der Waals surface area contributed by atoms with Gasteiger partial charge in [0.25, 0.3) is 0 Å². The second-order valence-electron chi connectivity index (χ2n) is 2.95. The SMILES string of the molecule is C=CC(=O)NCCCCNCCC. The van der Waals surface area contributed by atoms with Crippen molar-refractivity contribution < 1.29 is 4.79 Å². The minimum absolute atomic E-state index is 0.0819. The van der Waals surface area contributed by atoms with E-state index in [0.717, 1.165) is 32.5 Å². The molecule has 0 rings (SSSR count). The smallest absolute Gasteiger partial charge is 0.243 e. The number of hydrogen-bond acceptors (Lipinski definition) is 2. The summed E-state index contributed by atoms with van der Waals surface area (Å²) in [6.45, 7) is 8.40. The van der Waals surface area contributed by atoms with Crippen molar-refractivity contribution in [3.05, 3.63) is 12.7 Å². The van der Waals surface area contributed by atoms with Crippen molar-refractivity contribution in [1.82, 2.24) is 10.6 Å². The molecule has 76 valence electrons. The molecule has 1 amide bonds. The van der Waals surface area contributed by atoms with Crippen LogP contribution in [0.15, 0.2) is 12.7 Å². The zero-order chi connectivity index (χ0) is 9.94. The van der Waals surface area contributed by atoms with Crippen LogP contribution in [0.3, 0.4) is 0 Å². The van der Waals surface area contributed by atoms with E-state index in [2.05, 4.69) is 24.1 Å². The van der Waals surface area contributed by atoms with Gasteiger partial charge in [-0.2, -0.15) is 0 Å². The molecular weight excluding hydrogens is 164 g/mol. The van der Waals surface area contributed by atoms with Crippen LogP contribution in [0.25, 0.3) is 0 Å². The molecule has 3 nitrogen and oxygen atoms in total. The predicted octanol–water partition coefficient (Wildman–Crippen LogP) is 1.07. The molecule has 0 aliphatic carbocycles. The van der Waals surface area contributed by atoms with Gasteiger partial charge in [-0.15, -0.1) is 0 Å². The summed E-state index contributed by atoms with van der Waals surface area (Å²) in [5, 5.41) is 6.04. The Labute approximate surface area is 80.6 Å². The van der Waals surface area contributed by atoms with Crippen molar-refractivity contribution in [3.8, 4) is 0 Å². The normalized spacial score (nSPS) is 9.62. The van der Waals surface area contributed by atoms with E-state index in [-0.39, 0.29) is 5.91 Å². The van der Waals surface area contributed by atoms with E-state index < -0.39 is 0 Å². The molecule has 0 bridgehead atoms. The first kappa shape index (κ1) is 12.2. The average Bonchev–Trinajstić information content (AvgIpc) is 2.16. The number of hydrogen-bond donors (Lipinski definition) is 2. The molecule has 0 aromatic rings. The van der Waals surface area contributed by atoms with Crippen molar-refractivity contribution in [3.63, 3.8) is 0 Å². The van der Waals surface area contributed by atoms with Crippen LogP contribution in [-0.4, -0.2) is 25.5 Å². The minimum Gasteiger partial charge on any atom is -0.353 e. The van der Waals surface area contributed by atoms with Gasteiger partial charge in [-0.3, -0.25) is 4.79 Å². The van der Waals surface area contributed by atoms with E-state index in [9.17, 15) is 4.79 Å². The quantitative estimate of drug-likeness (QED) is 0.437. The highest BCUT2D eigenvalue weighted by Crippen LogP contribution is 1.84. The molecule has 0 atom stereocenters. The monoisotopic (exact) mass is 184 g/mol. The summed E-state index contributed by atoms with van der Waals surface area (Å²) in [7, 11) is 0. The summed E-state index contributed by atoms with van der Waals surface area (Å²) in [5.74, 6) is -0.0819. The Balaban J connectivity index is 2.99. The van der Waals surface area contributed by atoms with Crippen LogP contribution in [-0.2, 0) is 4.79 Å². The maximum absolute atomic E-state index is 10.7. The van der Waals surface area contributed by atoms with Crippen molar-refractivity contribution in [1.29, 1.82) is 0 Å². The molecule has 0 unspecified atom stereocenters. The molecule has 2 N–H and O–H groups in total. The first-order valence-corrected chi connectivity index (χ1v) is 4.92. The zero-order valence-electron chi connectivity index (χ0n) is 8.44. The number of carbonyl (C=O) groups is 1. The summed E-state index contributed by atoms with van der Waals surface area (Å²) >= 11 is 0. The van der Waals surface area contributed by atoms with Gasteiger partial charge in [0.15, 0.2) is 0 Å². The molecule has 0 fully saturated rings. The van der Waals surface area contributed by atoms with E-state index in [4.69, 9.17) is 0 Å². The number of rotatable bonds is 8. The summed E-state index contributed by atoms with van der Waals surface area (Å²) < 4.78 is 0. The Morgan fingerprint density at radius 2 is 2.00 bits per heavy atom. The minimum atomic E-state index is -0.0819. The van der Waals surface area contributed by atoms with E-state index >= 15 is 0 Å².